The van der Waals surface area contributed by atoms with Gasteiger partial charge in [0.1, 0.15) is 13.7 Å². The summed E-state index contributed by atoms with van der Waals surface area (Å²) in [5.41, 5.74) is 4.32. The number of benzene rings is 2. The first-order chi connectivity index (χ1) is 15.1. The molecule has 0 saturated carbocycles. The molecule has 0 aliphatic carbocycles. The van der Waals surface area contributed by atoms with Crippen LogP contribution in [0.5, 0.6) is 0 Å². The summed E-state index contributed by atoms with van der Waals surface area (Å²) in [6, 6.07) is 15.7. The minimum absolute atomic E-state index is 0.0685. The van der Waals surface area contributed by atoms with E-state index in [1.165, 1.54) is 5.56 Å². The molecule has 0 unspecified atom stereocenters. The monoisotopic (exact) mass is 412 g/mol. The van der Waals surface area contributed by atoms with Crippen LogP contribution in [0.15, 0.2) is 54.7 Å². The molecule has 7 nitrogen and oxygen atoms in total. The van der Waals surface area contributed by atoms with Crippen molar-refractivity contribution in [3.63, 3.8) is 0 Å². The maximum atomic E-state index is 12.3. The van der Waals surface area contributed by atoms with Gasteiger partial charge in [-0.3, -0.25) is 0 Å². The van der Waals surface area contributed by atoms with Crippen LogP contribution in [-0.2, 0) is 6.54 Å². The van der Waals surface area contributed by atoms with Crippen LogP contribution in [0.1, 0.15) is 24.0 Å². The quantitative estimate of drug-likeness (QED) is 0.540. The summed E-state index contributed by atoms with van der Waals surface area (Å²) in [6.45, 7) is 4.28. The van der Waals surface area contributed by atoms with Crippen molar-refractivity contribution < 1.29 is 4.79 Å². The Kier molecular flexibility index (Phi) is 6.36. The summed E-state index contributed by atoms with van der Waals surface area (Å²) in [7, 11) is 6.04. The van der Waals surface area contributed by atoms with E-state index in [1.54, 1.807) is 6.20 Å². The van der Waals surface area contributed by atoms with Gasteiger partial charge in [0.05, 0.1) is 0 Å². The maximum Gasteiger partial charge on any atom is 0.321 e. The van der Waals surface area contributed by atoms with Crippen molar-refractivity contribution in [1.82, 2.24) is 14.9 Å². The molecule has 1 fully saturated rings. The molecule has 156 valence electrons. The highest BCUT2D eigenvalue weighted by atomic mass is 16.2. The number of aromatic nitrogens is 2. The number of anilines is 4. The zero-order valence-electron chi connectivity index (χ0n) is 17.6. The lowest BCUT2D eigenvalue weighted by Gasteiger charge is -2.16. The Balaban J connectivity index is 1.41. The number of amides is 2. The van der Waals surface area contributed by atoms with E-state index < -0.39 is 0 Å². The standard InChI is InChI=1S/C23H25BN6O/c1-16-7-9-17(10-8-16)14-25-21-20(24)15-26-22(29-21)27-18-5-4-6-19(13-18)28-23(31)30-11-2-3-12-30/h4-10,13,15H,2-3,11-12,14H2,1H3,(H,28,31)(H2,25,26,27,29). The molecule has 2 aromatic carbocycles. The van der Waals surface area contributed by atoms with Crippen LogP contribution >= 0.6 is 0 Å². The number of nitrogens with one attached hydrogen (secondary N) is 3. The highest BCUT2D eigenvalue weighted by molar-refractivity contribution is 6.35. The Bertz CT molecular complexity index is 1050. The van der Waals surface area contributed by atoms with E-state index in [9.17, 15) is 4.79 Å². The van der Waals surface area contributed by atoms with Crippen molar-refractivity contribution in [2.24, 2.45) is 0 Å². The van der Waals surface area contributed by atoms with Crippen LogP contribution < -0.4 is 21.4 Å². The molecule has 2 amide bonds. The van der Waals surface area contributed by atoms with E-state index in [4.69, 9.17) is 7.85 Å². The summed E-state index contributed by atoms with van der Waals surface area (Å²) in [5.74, 6) is 0.986. The Hall–Kier alpha value is -3.55. The molecule has 3 aromatic rings. The maximum absolute atomic E-state index is 12.3. The summed E-state index contributed by atoms with van der Waals surface area (Å²) >= 11 is 0. The molecule has 3 N–H and O–H groups in total. The Morgan fingerprint density at radius 2 is 1.84 bits per heavy atom. The number of rotatable bonds is 6. The zero-order chi connectivity index (χ0) is 21.6. The minimum atomic E-state index is -0.0685. The van der Waals surface area contributed by atoms with Gasteiger partial charge in [-0.2, -0.15) is 4.98 Å². The fourth-order valence-corrected chi connectivity index (χ4v) is 3.41. The lowest BCUT2D eigenvalue weighted by molar-refractivity contribution is 0.222. The molecule has 0 atom stereocenters. The largest absolute Gasteiger partial charge is 0.366 e. The molecule has 1 aliphatic rings. The number of urea groups is 1. The fraction of sp³-hybridized carbons (Fsp3) is 0.261. The average Bonchev–Trinajstić information content (AvgIpc) is 3.31. The van der Waals surface area contributed by atoms with E-state index >= 15 is 0 Å². The molecule has 0 bridgehead atoms. The predicted molar refractivity (Wildman–Crippen MR) is 125 cm³/mol. The Morgan fingerprint density at radius 1 is 1.10 bits per heavy atom. The number of hydrogen-bond donors (Lipinski definition) is 3. The summed E-state index contributed by atoms with van der Waals surface area (Å²) < 4.78 is 0. The van der Waals surface area contributed by atoms with Gasteiger partial charge in [-0.1, -0.05) is 35.9 Å². The van der Waals surface area contributed by atoms with Gasteiger partial charge in [0.15, 0.2) is 0 Å². The first kappa shape index (κ1) is 20.7. The van der Waals surface area contributed by atoms with Gasteiger partial charge < -0.3 is 20.9 Å². The highest BCUT2D eigenvalue weighted by Crippen LogP contribution is 2.20. The molecule has 1 aliphatic heterocycles. The number of hydrogen-bond acceptors (Lipinski definition) is 5. The van der Waals surface area contributed by atoms with Gasteiger partial charge in [-0.25, -0.2) is 9.78 Å². The number of aryl methyl sites for hydroxylation is 1. The van der Waals surface area contributed by atoms with Gasteiger partial charge in [-0.05, 0) is 49.0 Å². The second-order valence-electron chi connectivity index (χ2n) is 7.67. The van der Waals surface area contributed by atoms with Gasteiger partial charge in [0.25, 0.3) is 0 Å². The van der Waals surface area contributed by atoms with Crippen molar-refractivity contribution in [2.75, 3.05) is 29.0 Å². The van der Waals surface area contributed by atoms with E-state index in [0.29, 0.717) is 23.8 Å². The Labute approximate surface area is 183 Å². The van der Waals surface area contributed by atoms with Gasteiger partial charge >= 0.3 is 6.03 Å². The van der Waals surface area contributed by atoms with Crippen LogP contribution in [0.4, 0.5) is 27.9 Å². The second-order valence-corrected chi connectivity index (χ2v) is 7.67. The van der Waals surface area contributed by atoms with Crippen LogP contribution in [0, 0.1) is 6.92 Å². The van der Waals surface area contributed by atoms with Crippen LogP contribution in [-0.4, -0.2) is 41.8 Å². The third-order valence-electron chi connectivity index (χ3n) is 5.16. The molecule has 1 aromatic heterocycles. The number of likely N-dealkylation sites (tertiary alicyclic amines) is 1. The molecule has 2 heterocycles. The van der Waals surface area contributed by atoms with Crippen molar-refractivity contribution in [3.05, 3.63) is 65.9 Å². The molecular formula is C23H25BN6O. The van der Waals surface area contributed by atoms with Crippen molar-refractivity contribution in [2.45, 2.75) is 26.3 Å². The molecule has 1 saturated heterocycles. The van der Waals surface area contributed by atoms with Crippen molar-refractivity contribution >= 4 is 42.5 Å². The summed E-state index contributed by atoms with van der Waals surface area (Å²) in [6.07, 6.45) is 3.69. The third kappa shape index (κ3) is 5.54. The van der Waals surface area contributed by atoms with Crippen molar-refractivity contribution in [1.29, 1.82) is 0 Å². The van der Waals surface area contributed by atoms with Gasteiger partial charge in [0.2, 0.25) is 5.95 Å². The first-order valence-electron chi connectivity index (χ1n) is 10.4. The molecule has 31 heavy (non-hydrogen) atoms. The zero-order valence-corrected chi connectivity index (χ0v) is 17.6. The Morgan fingerprint density at radius 3 is 2.61 bits per heavy atom. The lowest BCUT2D eigenvalue weighted by Crippen LogP contribution is -2.32. The molecule has 0 spiro atoms. The minimum Gasteiger partial charge on any atom is -0.366 e. The topological polar surface area (TPSA) is 82.2 Å². The smallest absolute Gasteiger partial charge is 0.321 e. The highest BCUT2D eigenvalue weighted by Gasteiger charge is 2.17. The van der Waals surface area contributed by atoms with Crippen molar-refractivity contribution in [3.8, 4) is 0 Å². The average molecular weight is 412 g/mol. The molecule has 4 rings (SSSR count). The van der Waals surface area contributed by atoms with Crippen LogP contribution in [0.3, 0.4) is 0 Å². The van der Waals surface area contributed by atoms with Crippen LogP contribution in [0.25, 0.3) is 0 Å². The normalized spacial score (nSPS) is 13.1. The second kappa shape index (κ2) is 9.51. The third-order valence-corrected chi connectivity index (χ3v) is 5.16. The molecule has 2 radical (unpaired) electrons. The SMILES string of the molecule is [B]c1cnc(Nc2cccc(NC(=O)N3CCCC3)c2)nc1NCc1ccc(C)cc1. The van der Waals surface area contributed by atoms with Gasteiger partial charge in [0, 0.05) is 37.2 Å². The van der Waals surface area contributed by atoms with E-state index in [1.807, 2.05) is 29.2 Å². The van der Waals surface area contributed by atoms with Gasteiger partial charge in [-0.15, -0.1) is 0 Å². The molecular weight excluding hydrogens is 387 g/mol. The van der Waals surface area contributed by atoms with E-state index in [0.717, 1.165) is 42.9 Å². The van der Waals surface area contributed by atoms with Crippen LogP contribution in [0.2, 0.25) is 0 Å². The first-order valence-corrected chi connectivity index (χ1v) is 10.4. The van der Waals surface area contributed by atoms with E-state index in [2.05, 4.69) is 57.1 Å². The molecule has 8 heteroatoms. The lowest BCUT2D eigenvalue weighted by atomic mass is 9.99. The number of carbonyl (C=O) groups is 1. The predicted octanol–water partition coefficient (Wildman–Crippen LogP) is 3.56. The fourth-order valence-electron chi connectivity index (χ4n) is 3.41. The van der Waals surface area contributed by atoms with E-state index in [-0.39, 0.29) is 6.03 Å². The number of nitrogens with zero attached hydrogens (tertiary/aromatic N) is 3. The summed E-state index contributed by atoms with van der Waals surface area (Å²) in [5, 5.41) is 9.39. The number of carbonyl (C=O) groups excluding carboxylic acids is 1. The summed E-state index contributed by atoms with van der Waals surface area (Å²) in [4.78, 5) is 22.9.